The molecular formula is C22H40IN5O. The van der Waals surface area contributed by atoms with Crippen LogP contribution in [-0.4, -0.2) is 81.3 Å². The Morgan fingerprint density at radius 1 is 1.07 bits per heavy atom. The van der Waals surface area contributed by atoms with E-state index in [0.717, 1.165) is 51.7 Å². The predicted octanol–water partition coefficient (Wildman–Crippen LogP) is 2.96. The monoisotopic (exact) mass is 517 g/mol. The number of guanidine groups is 1. The first-order valence-electron chi connectivity index (χ1n) is 10.9. The van der Waals surface area contributed by atoms with Crippen LogP contribution >= 0.6 is 24.0 Å². The van der Waals surface area contributed by atoms with Crippen molar-refractivity contribution >= 4 is 29.9 Å². The summed E-state index contributed by atoms with van der Waals surface area (Å²) < 4.78 is 5.93. The Kier molecular flexibility index (Phi) is 14.3. The van der Waals surface area contributed by atoms with Crippen LogP contribution in [0.15, 0.2) is 35.3 Å². The zero-order valence-electron chi connectivity index (χ0n) is 18.4. The van der Waals surface area contributed by atoms with Crippen molar-refractivity contribution in [2.24, 2.45) is 4.99 Å². The molecule has 1 heterocycles. The van der Waals surface area contributed by atoms with Crippen molar-refractivity contribution in [2.75, 3.05) is 65.5 Å². The average molecular weight is 518 g/mol. The lowest BCUT2D eigenvalue weighted by atomic mass is 10.1. The van der Waals surface area contributed by atoms with Crippen molar-refractivity contribution in [1.82, 2.24) is 20.4 Å². The minimum atomic E-state index is 0. The molecule has 29 heavy (non-hydrogen) atoms. The molecule has 1 aromatic carbocycles. The molecule has 0 radical (unpaired) electrons. The van der Waals surface area contributed by atoms with Gasteiger partial charge in [-0.25, -0.2) is 0 Å². The highest BCUT2D eigenvalue weighted by Crippen LogP contribution is 2.15. The molecule has 7 heteroatoms. The molecule has 166 valence electrons. The third kappa shape index (κ3) is 10.6. The van der Waals surface area contributed by atoms with Gasteiger partial charge in [0, 0.05) is 59.0 Å². The first kappa shape index (κ1) is 26.1. The molecule has 1 fully saturated rings. The second kappa shape index (κ2) is 15.9. The van der Waals surface area contributed by atoms with E-state index in [1.54, 1.807) is 0 Å². The molecule has 1 saturated heterocycles. The fraction of sp³-hybridized carbons (Fsp3) is 0.682. The molecule has 0 aromatic heterocycles. The first-order chi connectivity index (χ1) is 13.7. The molecule has 0 spiro atoms. The normalized spacial score (nSPS) is 16.9. The Morgan fingerprint density at radius 2 is 1.76 bits per heavy atom. The quantitative estimate of drug-likeness (QED) is 0.205. The second-order valence-corrected chi connectivity index (χ2v) is 7.24. The van der Waals surface area contributed by atoms with Gasteiger partial charge in [0.1, 0.15) is 0 Å². The largest absolute Gasteiger partial charge is 0.374 e. The summed E-state index contributed by atoms with van der Waals surface area (Å²) in [6.45, 7) is 16.7. The number of piperazine rings is 1. The summed E-state index contributed by atoms with van der Waals surface area (Å²) in [7, 11) is 0. The number of nitrogens with one attached hydrogen (secondary N) is 2. The van der Waals surface area contributed by atoms with Crippen molar-refractivity contribution in [2.45, 2.75) is 33.3 Å². The highest BCUT2D eigenvalue weighted by molar-refractivity contribution is 14.0. The number of likely N-dealkylation sites (N-methyl/N-ethyl adjacent to an activating group) is 1. The molecule has 0 saturated carbocycles. The SMILES string of the molecule is CCNC(=NCCCOC(C)c1ccccc1)NCCN1CCN(CC)CC1.I. The van der Waals surface area contributed by atoms with E-state index in [9.17, 15) is 0 Å². The minimum absolute atomic E-state index is 0. The number of halogens is 1. The topological polar surface area (TPSA) is 52.1 Å². The lowest BCUT2D eigenvalue weighted by molar-refractivity contribution is 0.0652. The van der Waals surface area contributed by atoms with Gasteiger partial charge in [0.2, 0.25) is 0 Å². The van der Waals surface area contributed by atoms with Crippen LogP contribution in [0.5, 0.6) is 0 Å². The zero-order chi connectivity index (χ0) is 20.0. The maximum absolute atomic E-state index is 5.93. The lowest BCUT2D eigenvalue weighted by Gasteiger charge is -2.34. The van der Waals surface area contributed by atoms with E-state index in [0.29, 0.717) is 0 Å². The minimum Gasteiger partial charge on any atom is -0.374 e. The summed E-state index contributed by atoms with van der Waals surface area (Å²) in [5.41, 5.74) is 1.22. The van der Waals surface area contributed by atoms with Crippen LogP contribution in [0.2, 0.25) is 0 Å². The molecule has 6 nitrogen and oxygen atoms in total. The van der Waals surface area contributed by atoms with Crippen LogP contribution in [-0.2, 0) is 4.74 Å². The van der Waals surface area contributed by atoms with Crippen molar-refractivity contribution in [3.05, 3.63) is 35.9 Å². The lowest BCUT2D eigenvalue weighted by Crippen LogP contribution is -2.49. The smallest absolute Gasteiger partial charge is 0.191 e. The summed E-state index contributed by atoms with van der Waals surface area (Å²) in [4.78, 5) is 9.72. The van der Waals surface area contributed by atoms with E-state index >= 15 is 0 Å². The summed E-state index contributed by atoms with van der Waals surface area (Å²) in [5.74, 6) is 0.908. The van der Waals surface area contributed by atoms with E-state index in [-0.39, 0.29) is 30.1 Å². The van der Waals surface area contributed by atoms with Crippen LogP contribution < -0.4 is 10.6 Å². The summed E-state index contributed by atoms with van der Waals surface area (Å²) in [6.07, 6.45) is 1.05. The molecular weight excluding hydrogens is 477 g/mol. The maximum atomic E-state index is 5.93. The number of aliphatic imine (C=N–C) groups is 1. The predicted molar refractivity (Wildman–Crippen MR) is 133 cm³/mol. The van der Waals surface area contributed by atoms with Crippen LogP contribution in [0.1, 0.15) is 38.9 Å². The third-order valence-electron chi connectivity index (χ3n) is 5.19. The molecule has 0 aliphatic carbocycles. The van der Waals surface area contributed by atoms with E-state index in [1.807, 2.05) is 6.07 Å². The fourth-order valence-electron chi connectivity index (χ4n) is 3.34. The number of hydrogen-bond acceptors (Lipinski definition) is 4. The summed E-state index contributed by atoms with van der Waals surface area (Å²) in [6, 6.07) is 10.4. The Bertz CT molecular complexity index is 549. The fourth-order valence-corrected chi connectivity index (χ4v) is 3.34. The van der Waals surface area contributed by atoms with Gasteiger partial charge in [0.25, 0.3) is 0 Å². The standard InChI is InChI=1S/C22H39N5O.HI/c1-4-23-22(25-13-14-27-17-15-26(5-2)16-18-27)24-12-9-19-28-20(3)21-10-7-6-8-11-21;/h6-8,10-11,20H,4-5,9,12-19H2,1-3H3,(H2,23,24,25);1H. The third-order valence-corrected chi connectivity index (χ3v) is 5.19. The molecule has 2 rings (SSSR count). The van der Waals surface area contributed by atoms with Gasteiger partial charge >= 0.3 is 0 Å². The maximum Gasteiger partial charge on any atom is 0.191 e. The summed E-state index contributed by atoms with van der Waals surface area (Å²) >= 11 is 0. The molecule has 1 unspecified atom stereocenters. The van der Waals surface area contributed by atoms with Crippen molar-refractivity contribution in [3.8, 4) is 0 Å². The Balaban J connectivity index is 0.00000420. The molecule has 0 bridgehead atoms. The number of benzene rings is 1. The number of nitrogens with zero attached hydrogens (tertiary/aromatic N) is 3. The van der Waals surface area contributed by atoms with Gasteiger partial charge in [-0.15, -0.1) is 24.0 Å². The number of rotatable bonds is 11. The van der Waals surface area contributed by atoms with Gasteiger partial charge in [0.15, 0.2) is 5.96 Å². The number of ether oxygens (including phenoxy) is 1. The van der Waals surface area contributed by atoms with Crippen LogP contribution in [0, 0.1) is 0 Å². The Hall–Kier alpha value is -0.900. The van der Waals surface area contributed by atoms with Crippen LogP contribution in [0.25, 0.3) is 0 Å². The van der Waals surface area contributed by atoms with Gasteiger partial charge in [-0.2, -0.15) is 0 Å². The van der Waals surface area contributed by atoms with Gasteiger partial charge in [-0.05, 0) is 32.4 Å². The van der Waals surface area contributed by atoms with Gasteiger partial charge in [-0.3, -0.25) is 9.89 Å². The van der Waals surface area contributed by atoms with Crippen molar-refractivity contribution in [3.63, 3.8) is 0 Å². The zero-order valence-corrected chi connectivity index (χ0v) is 20.7. The van der Waals surface area contributed by atoms with Gasteiger partial charge < -0.3 is 20.3 Å². The molecule has 2 N–H and O–H groups in total. The Labute approximate surface area is 194 Å². The Morgan fingerprint density at radius 3 is 2.41 bits per heavy atom. The molecule has 1 aliphatic heterocycles. The second-order valence-electron chi connectivity index (χ2n) is 7.24. The highest BCUT2D eigenvalue weighted by atomic mass is 127. The van der Waals surface area contributed by atoms with E-state index in [1.165, 1.54) is 31.7 Å². The van der Waals surface area contributed by atoms with E-state index in [2.05, 4.69) is 70.5 Å². The van der Waals surface area contributed by atoms with E-state index in [4.69, 9.17) is 4.74 Å². The summed E-state index contributed by atoms with van der Waals surface area (Å²) in [5, 5.41) is 6.79. The molecule has 1 atom stereocenters. The van der Waals surface area contributed by atoms with Crippen molar-refractivity contribution in [1.29, 1.82) is 0 Å². The molecule has 0 amide bonds. The highest BCUT2D eigenvalue weighted by Gasteiger charge is 2.14. The average Bonchev–Trinajstić information content (AvgIpc) is 2.74. The molecule has 1 aliphatic rings. The molecule has 1 aromatic rings. The van der Waals surface area contributed by atoms with Gasteiger partial charge in [-0.1, -0.05) is 37.3 Å². The first-order valence-corrected chi connectivity index (χ1v) is 10.9. The van der Waals surface area contributed by atoms with Crippen LogP contribution in [0.3, 0.4) is 0 Å². The van der Waals surface area contributed by atoms with Crippen molar-refractivity contribution < 1.29 is 4.74 Å². The van der Waals surface area contributed by atoms with Gasteiger partial charge in [0.05, 0.1) is 6.10 Å². The van der Waals surface area contributed by atoms with Crippen LogP contribution in [0.4, 0.5) is 0 Å². The number of hydrogen-bond donors (Lipinski definition) is 2. The van der Waals surface area contributed by atoms with E-state index < -0.39 is 0 Å².